The van der Waals surface area contributed by atoms with Gasteiger partial charge in [0, 0.05) is 22.2 Å². The first-order valence-electron chi connectivity index (χ1n) is 8.88. The number of nitrogens with zero attached hydrogens (tertiary/aromatic N) is 1. The number of phenols is 1. The first-order chi connectivity index (χ1) is 14.3. The number of rotatable bonds is 7. The van der Waals surface area contributed by atoms with Gasteiger partial charge in [0.05, 0.1) is 26.1 Å². The van der Waals surface area contributed by atoms with Gasteiger partial charge in [-0.3, -0.25) is 4.79 Å². The van der Waals surface area contributed by atoms with Gasteiger partial charge in [0.1, 0.15) is 4.21 Å². The molecule has 0 unspecified atom stereocenters. The average molecular weight is 467 g/mol. The van der Waals surface area contributed by atoms with Gasteiger partial charge >= 0.3 is 0 Å². The maximum atomic E-state index is 12.8. The number of thiophene rings is 1. The Balaban J connectivity index is 2.00. The van der Waals surface area contributed by atoms with Crippen molar-refractivity contribution in [2.45, 2.75) is 14.9 Å². The van der Waals surface area contributed by atoms with Crippen LogP contribution in [-0.2, 0) is 20.4 Å². The van der Waals surface area contributed by atoms with Crippen LogP contribution in [0.1, 0.15) is 11.1 Å². The normalized spacial score (nSPS) is 14.3. The lowest BCUT2D eigenvalue weighted by Gasteiger charge is -2.16. The van der Waals surface area contributed by atoms with E-state index < -0.39 is 9.84 Å². The molecule has 0 saturated carbocycles. The Morgan fingerprint density at radius 3 is 2.83 bits per heavy atom. The fourth-order valence-electron chi connectivity index (χ4n) is 3.05. The topological polar surface area (TPSA) is 95.9 Å². The number of carbonyl (C=O) groups excluding carboxylic acids is 1. The second-order valence-electron chi connectivity index (χ2n) is 6.53. The third-order valence-electron chi connectivity index (χ3n) is 4.51. The Hall–Kier alpha value is -2.43. The molecule has 2 aromatic rings. The number of carbonyl (C=O) groups is 1. The van der Waals surface area contributed by atoms with Crippen LogP contribution in [0.25, 0.3) is 6.08 Å². The molecule has 3 rings (SSSR count). The van der Waals surface area contributed by atoms with E-state index >= 15 is 0 Å². The lowest BCUT2D eigenvalue weighted by Crippen LogP contribution is -2.27. The monoisotopic (exact) mass is 466 g/mol. The van der Waals surface area contributed by atoms with E-state index in [4.69, 9.17) is 4.74 Å². The van der Waals surface area contributed by atoms with Crippen LogP contribution < -0.4 is 10.1 Å². The Kier molecular flexibility index (Phi) is 6.79. The summed E-state index contributed by atoms with van der Waals surface area (Å²) in [6, 6.07) is 4.78. The molecule has 1 aliphatic heterocycles. The molecule has 0 spiro atoms. The Bertz CT molecular complexity index is 1090. The Labute approximate surface area is 184 Å². The van der Waals surface area contributed by atoms with Crippen LogP contribution in [0.5, 0.6) is 11.5 Å². The molecule has 1 saturated heterocycles. The van der Waals surface area contributed by atoms with Crippen LogP contribution >= 0.6 is 23.1 Å². The van der Waals surface area contributed by atoms with Crippen molar-refractivity contribution in [3.05, 3.63) is 53.1 Å². The minimum atomic E-state index is -3.56. The molecule has 2 heterocycles. The van der Waals surface area contributed by atoms with Crippen LogP contribution in [0.4, 0.5) is 0 Å². The molecule has 1 aromatic carbocycles. The number of ether oxygens (including phenoxy) is 1. The van der Waals surface area contributed by atoms with E-state index in [1.54, 1.807) is 28.7 Å². The molecule has 1 aromatic heterocycles. The van der Waals surface area contributed by atoms with E-state index in [1.807, 2.05) is 0 Å². The smallest absolute Gasteiger partial charge is 0.248 e. The maximum absolute atomic E-state index is 12.8. The second-order valence-corrected chi connectivity index (χ2v) is 10.5. The van der Waals surface area contributed by atoms with Gasteiger partial charge in [-0.25, -0.2) is 8.42 Å². The van der Waals surface area contributed by atoms with Crippen LogP contribution in [0.15, 0.2) is 51.0 Å². The van der Waals surface area contributed by atoms with Crippen LogP contribution in [0.2, 0.25) is 0 Å². The zero-order valence-corrected chi connectivity index (χ0v) is 19.0. The summed E-state index contributed by atoms with van der Waals surface area (Å²) in [5.74, 6) is -0.492. The SMILES string of the molecule is C=C1CN(C(=O)/C=C/c2c(O)c(OC)cc(CS(=O)(=O)c3cccs3)c2SC)CN1. The zero-order chi connectivity index (χ0) is 21.9. The summed E-state index contributed by atoms with van der Waals surface area (Å²) in [5, 5.41) is 15.3. The number of amides is 1. The number of hydrogen-bond acceptors (Lipinski definition) is 8. The summed E-state index contributed by atoms with van der Waals surface area (Å²) in [5.41, 5.74) is 1.60. The summed E-state index contributed by atoms with van der Waals surface area (Å²) in [4.78, 5) is 14.6. The number of phenolic OH excluding ortho intramolecular Hbond substituents is 1. The molecule has 2 N–H and O–H groups in total. The highest BCUT2D eigenvalue weighted by Gasteiger charge is 2.24. The van der Waals surface area contributed by atoms with E-state index in [1.165, 1.54) is 37.1 Å². The van der Waals surface area contributed by atoms with E-state index in [0.717, 1.165) is 17.0 Å². The fourth-order valence-corrected chi connectivity index (χ4v) is 6.36. The molecule has 160 valence electrons. The van der Waals surface area contributed by atoms with Crippen molar-refractivity contribution in [3.63, 3.8) is 0 Å². The summed E-state index contributed by atoms with van der Waals surface area (Å²) >= 11 is 2.45. The molecule has 7 nitrogen and oxygen atoms in total. The van der Waals surface area contributed by atoms with Gasteiger partial charge in [0.25, 0.3) is 0 Å². The lowest BCUT2D eigenvalue weighted by atomic mass is 10.1. The molecular weight excluding hydrogens is 444 g/mol. The highest BCUT2D eigenvalue weighted by atomic mass is 32.2. The highest BCUT2D eigenvalue weighted by Crippen LogP contribution is 2.41. The van der Waals surface area contributed by atoms with Gasteiger partial charge in [0.2, 0.25) is 5.91 Å². The summed E-state index contributed by atoms with van der Waals surface area (Å²) < 4.78 is 31.1. The molecule has 0 radical (unpaired) electrons. The molecular formula is C20H22N2O5S3. The van der Waals surface area contributed by atoms with Crippen LogP contribution in [0, 0.1) is 0 Å². The van der Waals surface area contributed by atoms with E-state index in [-0.39, 0.29) is 27.4 Å². The average Bonchev–Trinajstić information content (AvgIpc) is 3.39. The molecule has 10 heteroatoms. The van der Waals surface area contributed by atoms with Crippen molar-refractivity contribution >= 4 is 44.9 Å². The Morgan fingerprint density at radius 1 is 1.50 bits per heavy atom. The van der Waals surface area contributed by atoms with Crippen LogP contribution in [-0.4, -0.2) is 50.9 Å². The van der Waals surface area contributed by atoms with Gasteiger partial charge < -0.3 is 20.1 Å². The number of hydrogen-bond donors (Lipinski definition) is 2. The van der Waals surface area contributed by atoms with Crippen LogP contribution in [0.3, 0.4) is 0 Å². The summed E-state index contributed by atoms with van der Waals surface area (Å²) in [6.07, 6.45) is 4.64. The summed E-state index contributed by atoms with van der Waals surface area (Å²) in [7, 11) is -2.16. The number of nitrogens with one attached hydrogen (secondary N) is 1. The van der Waals surface area contributed by atoms with Crippen molar-refractivity contribution in [1.82, 2.24) is 10.2 Å². The predicted molar refractivity (Wildman–Crippen MR) is 120 cm³/mol. The number of benzene rings is 1. The van der Waals surface area contributed by atoms with Gasteiger partial charge in [-0.2, -0.15) is 0 Å². The first kappa shape index (κ1) is 22.3. The fraction of sp³-hybridized carbons (Fsp3) is 0.250. The molecule has 0 atom stereocenters. The predicted octanol–water partition coefficient (Wildman–Crippen LogP) is 3.07. The minimum absolute atomic E-state index is 0.146. The quantitative estimate of drug-likeness (QED) is 0.478. The van der Waals surface area contributed by atoms with Crippen molar-refractivity contribution in [1.29, 1.82) is 0 Å². The number of thioether (sulfide) groups is 1. The van der Waals surface area contributed by atoms with E-state index in [0.29, 0.717) is 29.2 Å². The Morgan fingerprint density at radius 2 is 2.27 bits per heavy atom. The third-order valence-corrected chi connectivity index (χ3v) is 8.55. The molecule has 1 aliphatic rings. The first-order valence-corrected chi connectivity index (χ1v) is 12.6. The maximum Gasteiger partial charge on any atom is 0.248 e. The van der Waals surface area contributed by atoms with Crippen molar-refractivity contribution in [2.75, 3.05) is 26.6 Å². The van der Waals surface area contributed by atoms with Gasteiger partial charge in [-0.15, -0.1) is 23.1 Å². The molecule has 1 fully saturated rings. The third kappa shape index (κ3) is 4.66. The van der Waals surface area contributed by atoms with Gasteiger partial charge in [-0.05, 0) is 35.4 Å². The molecule has 1 amide bonds. The van der Waals surface area contributed by atoms with Crippen molar-refractivity contribution in [3.8, 4) is 11.5 Å². The van der Waals surface area contributed by atoms with E-state index in [9.17, 15) is 18.3 Å². The zero-order valence-electron chi connectivity index (χ0n) is 16.5. The lowest BCUT2D eigenvalue weighted by molar-refractivity contribution is -0.124. The molecule has 0 bridgehead atoms. The van der Waals surface area contributed by atoms with Crippen molar-refractivity contribution < 1.29 is 23.1 Å². The second kappa shape index (κ2) is 9.15. The van der Waals surface area contributed by atoms with E-state index in [2.05, 4.69) is 11.9 Å². The number of aromatic hydroxyl groups is 1. The molecule has 30 heavy (non-hydrogen) atoms. The summed E-state index contributed by atoms with van der Waals surface area (Å²) in [6.45, 7) is 4.57. The van der Waals surface area contributed by atoms with Gasteiger partial charge in [0.15, 0.2) is 21.3 Å². The van der Waals surface area contributed by atoms with Gasteiger partial charge in [-0.1, -0.05) is 12.6 Å². The van der Waals surface area contributed by atoms with Crippen molar-refractivity contribution in [2.24, 2.45) is 0 Å². The number of methoxy groups -OCH3 is 1. The highest BCUT2D eigenvalue weighted by molar-refractivity contribution is 7.98. The number of sulfone groups is 1. The largest absolute Gasteiger partial charge is 0.504 e. The standard InChI is InChI=1S/C20H22N2O5S3/c1-13-10-22(12-21-13)17(23)7-6-15-19(24)16(27-2)9-14(20(15)28-3)11-30(25,26)18-5-4-8-29-18/h4-9,21,24H,1,10-12H2,2-3H3/b7-6+. The molecule has 0 aliphatic carbocycles. The minimum Gasteiger partial charge on any atom is -0.504 e.